The first-order valence-corrected chi connectivity index (χ1v) is 10.7. The van der Waals surface area contributed by atoms with Crippen molar-refractivity contribution in [3.05, 3.63) is 52.8 Å². The lowest BCUT2D eigenvalue weighted by atomic mass is 10.1. The number of ketones is 1. The van der Waals surface area contributed by atoms with E-state index < -0.39 is 16.0 Å². The number of rotatable bonds is 8. The predicted molar refractivity (Wildman–Crippen MR) is 104 cm³/mol. The van der Waals surface area contributed by atoms with Crippen LogP contribution in [0.4, 0.5) is 0 Å². The van der Waals surface area contributed by atoms with Gasteiger partial charge in [0, 0.05) is 29.5 Å². The van der Waals surface area contributed by atoms with Gasteiger partial charge >= 0.3 is 5.97 Å². The van der Waals surface area contributed by atoms with E-state index in [1.807, 2.05) is 19.9 Å². The third kappa shape index (κ3) is 4.18. The van der Waals surface area contributed by atoms with Gasteiger partial charge in [-0.2, -0.15) is 0 Å². The number of esters is 1. The zero-order valence-corrected chi connectivity index (χ0v) is 17.0. The highest BCUT2D eigenvalue weighted by atomic mass is 32.2. The number of ether oxygens (including phenoxy) is 1. The van der Waals surface area contributed by atoms with Crippen molar-refractivity contribution >= 4 is 21.8 Å². The van der Waals surface area contributed by atoms with E-state index in [1.165, 1.54) is 24.3 Å². The van der Waals surface area contributed by atoms with E-state index in [2.05, 4.69) is 9.29 Å². The Morgan fingerprint density at radius 1 is 1.18 bits per heavy atom. The van der Waals surface area contributed by atoms with Crippen LogP contribution in [-0.2, 0) is 14.8 Å². The number of hydrogen-bond donors (Lipinski definition) is 1. The molecule has 1 saturated carbocycles. The fraction of sp³-hybridized carbons (Fsp3) is 0.400. The maximum Gasteiger partial charge on any atom is 0.338 e. The highest BCUT2D eigenvalue weighted by Crippen LogP contribution is 2.38. The van der Waals surface area contributed by atoms with Gasteiger partial charge in [-0.1, -0.05) is 6.92 Å². The quantitative estimate of drug-likeness (QED) is 0.539. The molecular formula is C20H24N2O5S. The fourth-order valence-corrected chi connectivity index (χ4v) is 4.33. The van der Waals surface area contributed by atoms with Gasteiger partial charge in [-0.15, -0.1) is 0 Å². The molecule has 2 aromatic rings. The molecule has 150 valence electrons. The Morgan fingerprint density at radius 3 is 2.39 bits per heavy atom. The number of benzene rings is 1. The molecule has 1 aromatic heterocycles. The Hall–Kier alpha value is -2.45. The second-order valence-electron chi connectivity index (χ2n) is 6.91. The molecule has 0 radical (unpaired) electrons. The average molecular weight is 404 g/mol. The van der Waals surface area contributed by atoms with Crippen LogP contribution in [0.25, 0.3) is 0 Å². The Bertz CT molecular complexity index is 1000. The summed E-state index contributed by atoms with van der Waals surface area (Å²) in [5.41, 5.74) is 2.70. The Kier molecular flexibility index (Phi) is 5.71. The zero-order chi connectivity index (χ0) is 20.5. The second kappa shape index (κ2) is 7.89. The van der Waals surface area contributed by atoms with Crippen molar-refractivity contribution in [2.45, 2.75) is 44.6 Å². The molecule has 8 heteroatoms. The molecule has 1 aliphatic carbocycles. The molecule has 1 heterocycles. The monoisotopic (exact) mass is 404 g/mol. The highest BCUT2D eigenvalue weighted by Gasteiger charge is 2.28. The van der Waals surface area contributed by atoms with E-state index in [9.17, 15) is 18.0 Å². The van der Waals surface area contributed by atoms with Crippen LogP contribution in [0.15, 0.2) is 35.2 Å². The van der Waals surface area contributed by atoms with Crippen LogP contribution in [0.5, 0.6) is 0 Å². The number of hydrogen-bond acceptors (Lipinski definition) is 5. The van der Waals surface area contributed by atoms with Crippen LogP contribution in [0.2, 0.25) is 0 Å². The number of carbonyl (C=O) groups excluding carboxylic acids is 2. The lowest BCUT2D eigenvalue weighted by Crippen LogP contribution is -2.23. The summed E-state index contributed by atoms with van der Waals surface area (Å²) in [6, 6.07) is 7.72. The Balaban J connectivity index is 1.64. The smallest absolute Gasteiger partial charge is 0.338 e. The molecular weight excluding hydrogens is 380 g/mol. The molecule has 0 bridgehead atoms. The summed E-state index contributed by atoms with van der Waals surface area (Å²) >= 11 is 0. The number of aryl methyl sites for hydroxylation is 1. The average Bonchev–Trinajstić information content (AvgIpc) is 3.44. The van der Waals surface area contributed by atoms with Crippen molar-refractivity contribution in [1.29, 1.82) is 0 Å². The summed E-state index contributed by atoms with van der Waals surface area (Å²) in [7, 11) is -3.58. The van der Waals surface area contributed by atoms with Crippen molar-refractivity contribution < 1.29 is 22.7 Å². The molecule has 0 amide bonds. The summed E-state index contributed by atoms with van der Waals surface area (Å²) < 4.78 is 33.5. The van der Waals surface area contributed by atoms with Crippen LogP contribution in [0, 0.1) is 13.8 Å². The van der Waals surface area contributed by atoms with E-state index in [0.29, 0.717) is 11.6 Å². The predicted octanol–water partition coefficient (Wildman–Crippen LogP) is 2.78. The SMILES string of the molecule is CCNS(=O)(=O)c1ccc(C(=O)OCC(=O)c2cc(C)n(C3CC3)c2C)cc1. The minimum Gasteiger partial charge on any atom is -0.454 e. The molecule has 0 atom stereocenters. The molecule has 0 unspecified atom stereocenters. The lowest BCUT2D eigenvalue weighted by Gasteiger charge is -2.08. The van der Waals surface area contributed by atoms with E-state index in [0.717, 1.165) is 24.2 Å². The molecule has 3 rings (SSSR count). The summed E-state index contributed by atoms with van der Waals surface area (Å²) in [6.45, 7) is 5.48. The normalized spacial score (nSPS) is 14.1. The van der Waals surface area contributed by atoms with Gasteiger partial charge in [-0.05, 0) is 57.0 Å². The molecule has 7 nitrogen and oxygen atoms in total. The standard InChI is InChI=1S/C20H24N2O5S/c1-4-21-28(25,26)17-9-5-15(6-10-17)20(24)27-12-19(23)18-11-13(2)22(14(18)3)16-7-8-16/h5-6,9-11,16,21H,4,7-8,12H2,1-3H3. The Labute approximate surface area is 164 Å². The second-order valence-corrected chi connectivity index (χ2v) is 8.68. The Morgan fingerprint density at radius 2 is 1.82 bits per heavy atom. The first-order valence-electron chi connectivity index (χ1n) is 9.23. The first kappa shape index (κ1) is 20.3. The summed E-state index contributed by atoms with van der Waals surface area (Å²) in [6.07, 6.45) is 2.25. The van der Waals surface area contributed by atoms with Crippen LogP contribution in [-0.4, -0.2) is 37.9 Å². The van der Waals surface area contributed by atoms with Crippen LogP contribution in [0.1, 0.15) is 57.9 Å². The van der Waals surface area contributed by atoms with E-state index in [4.69, 9.17) is 4.74 Å². The van der Waals surface area contributed by atoms with E-state index in [-0.39, 0.29) is 29.4 Å². The van der Waals surface area contributed by atoms with Gasteiger partial charge in [-0.25, -0.2) is 17.9 Å². The van der Waals surface area contributed by atoms with Gasteiger partial charge in [0.1, 0.15) is 0 Å². The number of aromatic nitrogens is 1. The van der Waals surface area contributed by atoms with Gasteiger partial charge in [-0.3, -0.25) is 4.79 Å². The maximum atomic E-state index is 12.5. The number of Topliss-reactive ketones (excluding diaryl/α,β-unsaturated/α-hetero) is 1. The van der Waals surface area contributed by atoms with Gasteiger partial charge < -0.3 is 9.30 Å². The van der Waals surface area contributed by atoms with Gasteiger partial charge in [0.15, 0.2) is 6.61 Å². The number of nitrogens with one attached hydrogen (secondary N) is 1. The number of carbonyl (C=O) groups is 2. The van der Waals surface area contributed by atoms with E-state index in [1.54, 1.807) is 6.92 Å². The third-order valence-corrected chi connectivity index (χ3v) is 6.33. The van der Waals surface area contributed by atoms with Crippen molar-refractivity contribution in [2.75, 3.05) is 13.2 Å². The summed E-state index contributed by atoms with van der Waals surface area (Å²) in [5, 5.41) is 0. The molecule has 28 heavy (non-hydrogen) atoms. The van der Waals surface area contributed by atoms with Crippen LogP contribution in [0.3, 0.4) is 0 Å². The number of sulfonamides is 1. The molecule has 0 aliphatic heterocycles. The molecule has 1 aromatic carbocycles. The van der Waals surface area contributed by atoms with Gasteiger partial charge in [0.2, 0.25) is 15.8 Å². The van der Waals surface area contributed by atoms with Gasteiger partial charge in [0.05, 0.1) is 10.5 Å². The molecule has 1 N–H and O–H groups in total. The third-order valence-electron chi connectivity index (χ3n) is 4.77. The lowest BCUT2D eigenvalue weighted by molar-refractivity contribution is 0.0474. The zero-order valence-electron chi connectivity index (χ0n) is 16.2. The van der Waals surface area contributed by atoms with Crippen molar-refractivity contribution in [3.63, 3.8) is 0 Å². The summed E-state index contributed by atoms with van der Waals surface area (Å²) in [5.74, 6) is -0.920. The van der Waals surface area contributed by atoms with Crippen LogP contribution >= 0.6 is 0 Å². The molecule has 1 fully saturated rings. The van der Waals surface area contributed by atoms with Crippen molar-refractivity contribution in [2.24, 2.45) is 0 Å². The largest absolute Gasteiger partial charge is 0.454 e. The topological polar surface area (TPSA) is 94.5 Å². The van der Waals surface area contributed by atoms with Crippen molar-refractivity contribution in [1.82, 2.24) is 9.29 Å². The minimum absolute atomic E-state index is 0.0643. The molecule has 0 spiro atoms. The maximum absolute atomic E-state index is 12.5. The van der Waals surface area contributed by atoms with E-state index >= 15 is 0 Å². The minimum atomic E-state index is -3.58. The fourth-order valence-electron chi connectivity index (χ4n) is 3.29. The van der Waals surface area contributed by atoms with Gasteiger partial charge in [0.25, 0.3) is 0 Å². The number of nitrogens with zero attached hydrogens (tertiary/aromatic N) is 1. The van der Waals surface area contributed by atoms with Crippen LogP contribution < -0.4 is 4.72 Å². The molecule has 1 aliphatic rings. The first-order chi connectivity index (χ1) is 13.2. The summed E-state index contributed by atoms with van der Waals surface area (Å²) in [4.78, 5) is 24.8. The molecule has 0 saturated heterocycles. The highest BCUT2D eigenvalue weighted by molar-refractivity contribution is 7.89. The van der Waals surface area contributed by atoms with Crippen molar-refractivity contribution in [3.8, 4) is 0 Å².